The summed E-state index contributed by atoms with van der Waals surface area (Å²) >= 11 is 0. The largest absolute Gasteiger partial charge is 0.461 e. The van der Waals surface area contributed by atoms with Gasteiger partial charge in [0.2, 0.25) is 5.91 Å². The van der Waals surface area contributed by atoms with Gasteiger partial charge in [0.1, 0.15) is 11.3 Å². The highest BCUT2D eigenvalue weighted by atomic mass is 16.3. The third-order valence-corrected chi connectivity index (χ3v) is 5.78. The van der Waals surface area contributed by atoms with Crippen LogP contribution in [0.3, 0.4) is 0 Å². The zero-order chi connectivity index (χ0) is 18.1. The number of amides is 2. The van der Waals surface area contributed by atoms with E-state index in [1.807, 2.05) is 41.0 Å². The van der Waals surface area contributed by atoms with Gasteiger partial charge in [-0.25, -0.2) is 0 Å². The minimum atomic E-state index is 0.0677. The summed E-state index contributed by atoms with van der Waals surface area (Å²) in [5.74, 6) is 1.81. The molecule has 0 bridgehead atoms. The Balaban J connectivity index is 1.35. The second kappa shape index (κ2) is 7.14. The number of carbonyl (C=O) groups excluding carboxylic acids is 2. The van der Waals surface area contributed by atoms with Crippen LogP contribution < -0.4 is 0 Å². The van der Waals surface area contributed by atoms with E-state index in [1.165, 1.54) is 0 Å². The van der Waals surface area contributed by atoms with Crippen LogP contribution >= 0.6 is 0 Å². The Morgan fingerprint density at radius 2 is 2.04 bits per heavy atom. The van der Waals surface area contributed by atoms with Crippen molar-refractivity contribution in [1.29, 1.82) is 0 Å². The highest BCUT2D eigenvalue weighted by molar-refractivity contribution is 6.05. The van der Waals surface area contributed by atoms with Gasteiger partial charge in [-0.2, -0.15) is 0 Å². The van der Waals surface area contributed by atoms with E-state index in [0.717, 1.165) is 63.0 Å². The number of rotatable bonds is 4. The van der Waals surface area contributed by atoms with Crippen LogP contribution in [0.1, 0.15) is 48.2 Å². The number of piperidine rings is 1. The Kier molecular flexibility index (Phi) is 4.70. The van der Waals surface area contributed by atoms with Gasteiger partial charge in [0.05, 0.1) is 5.56 Å². The number of hydrogen-bond donors (Lipinski definition) is 0. The number of fused-ring (bicyclic) bond motifs is 1. The maximum atomic E-state index is 13.0. The Labute approximate surface area is 153 Å². The van der Waals surface area contributed by atoms with Crippen LogP contribution in [-0.2, 0) is 4.79 Å². The SMILES string of the molecule is Cc1cc2cccc(C(=O)N3CCC(CCN4CCCC4=O)CC3)c2o1. The highest BCUT2D eigenvalue weighted by Crippen LogP contribution is 2.27. The summed E-state index contributed by atoms with van der Waals surface area (Å²) in [6, 6.07) is 7.73. The Morgan fingerprint density at radius 1 is 1.23 bits per heavy atom. The van der Waals surface area contributed by atoms with Gasteiger partial charge in [0.15, 0.2) is 0 Å². The molecule has 2 amide bonds. The summed E-state index contributed by atoms with van der Waals surface area (Å²) in [5.41, 5.74) is 1.36. The number of para-hydroxylation sites is 1. The number of hydrogen-bond acceptors (Lipinski definition) is 3. The molecule has 1 aromatic carbocycles. The minimum Gasteiger partial charge on any atom is -0.461 e. The molecule has 0 aliphatic carbocycles. The summed E-state index contributed by atoms with van der Waals surface area (Å²) in [5, 5.41) is 0.985. The lowest BCUT2D eigenvalue weighted by atomic mass is 9.93. The molecule has 26 heavy (non-hydrogen) atoms. The summed E-state index contributed by atoms with van der Waals surface area (Å²) in [6.07, 6.45) is 4.80. The standard InChI is InChI=1S/C21H26N2O3/c1-15-14-17-4-2-5-18(20(17)26-15)21(25)23-12-8-16(9-13-23)7-11-22-10-3-6-19(22)24/h2,4-5,14,16H,3,6-13H2,1H3. The Morgan fingerprint density at radius 3 is 2.77 bits per heavy atom. The molecule has 0 spiro atoms. The molecule has 2 fully saturated rings. The average molecular weight is 354 g/mol. The van der Waals surface area contributed by atoms with Crippen molar-refractivity contribution in [2.45, 2.75) is 39.0 Å². The van der Waals surface area contributed by atoms with Crippen LogP contribution in [0.15, 0.2) is 28.7 Å². The topological polar surface area (TPSA) is 53.8 Å². The molecule has 2 saturated heterocycles. The fourth-order valence-corrected chi connectivity index (χ4v) is 4.23. The molecule has 138 valence electrons. The fourth-order valence-electron chi connectivity index (χ4n) is 4.23. The first-order chi connectivity index (χ1) is 12.6. The maximum Gasteiger partial charge on any atom is 0.257 e. The molecule has 2 aliphatic rings. The number of benzene rings is 1. The first-order valence-corrected chi connectivity index (χ1v) is 9.68. The van der Waals surface area contributed by atoms with Crippen molar-refractivity contribution in [2.24, 2.45) is 5.92 Å². The van der Waals surface area contributed by atoms with Gasteiger partial charge >= 0.3 is 0 Å². The van der Waals surface area contributed by atoms with Crippen molar-refractivity contribution in [1.82, 2.24) is 9.80 Å². The lowest BCUT2D eigenvalue weighted by Gasteiger charge is -2.32. The summed E-state index contributed by atoms with van der Waals surface area (Å²) < 4.78 is 5.75. The third kappa shape index (κ3) is 3.35. The molecule has 0 N–H and O–H groups in total. The zero-order valence-corrected chi connectivity index (χ0v) is 15.4. The molecule has 4 rings (SSSR count). The van der Waals surface area contributed by atoms with E-state index in [9.17, 15) is 9.59 Å². The lowest BCUT2D eigenvalue weighted by molar-refractivity contribution is -0.127. The van der Waals surface area contributed by atoms with Crippen LogP contribution in [0.25, 0.3) is 11.0 Å². The smallest absolute Gasteiger partial charge is 0.257 e. The zero-order valence-electron chi connectivity index (χ0n) is 15.4. The van der Waals surface area contributed by atoms with E-state index in [-0.39, 0.29) is 5.91 Å². The Hall–Kier alpha value is -2.30. The average Bonchev–Trinajstić information content (AvgIpc) is 3.23. The number of aryl methyl sites for hydroxylation is 1. The van der Waals surface area contributed by atoms with Crippen molar-refractivity contribution >= 4 is 22.8 Å². The predicted molar refractivity (Wildman–Crippen MR) is 100 cm³/mol. The lowest BCUT2D eigenvalue weighted by Crippen LogP contribution is -2.39. The van der Waals surface area contributed by atoms with E-state index >= 15 is 0 Å². The van der Waals surface area contributed by atoms with Crippen LogP contribution in [0.5, 0.6) is 0 Å². The monoisotopic (exact) mass is 354 g/mol. The van der Waals surface area contributed by atoms with Gasteiger partial charge in [-0.1, -0.05) is 12.1 Å². The van der Waals surface area contributed by atoms with Crippen LogP contribution in [0, 0.1) is 12.8 Å². The molecule has 0 atom stereocenters. The number of likely N-dealkylation sites (tertiary alicyclic amines) is 2. The van der Waals surface area contributed by atoms with Crippen molar-refractivity contribution < 1.29 is 14.0 Å². The van der Waals surface area contributed by atoms with Crippen molar-refractivity contribution in [2.75, 3.05) is 26.2 Å². The van der Waals surface area contributed by atoms with Crippen LogP contribution in [0.2, 0.25) is 0 Å². The van der Waals surface area contributed by atoms with Crippen LogP contribution in [-0.4, -0.2) is 47.8 Å². The van der Waals surface area contributed by atoms with Crippen molar-refractivity contribution in [3.63, 3.8) is 0 Å². The van der Waals surface area contributed by atoms with Crippen LogP contribution in [0.4, 0.5) is 0 Å². The van der Waals surface area contributed by atoms with E-state index in [0.29, 0.717) is 29.4 Å². The van der Waals surface area contributed by atoms with E-state index in [2.05, 4.69) is 0 Å². The number of nitrogens with zero attached hydrogens (tertiary/aromatic N) is 2. The van der Waals surface area contributed by atoms with Gasteiger partial charge in [-0.05, 0) is 50.7 Å². The van der Waals surface area contributed by atoms with Gasteiger partial charge in [0.25, 0.3) is 5.91 Å². The molecule has 5 nitrogen and oxygen atoms in total. The van der Waals surface area contributed by atoms with E-state index in [1.54, 1.807) is 0 Å². The molecule has 2 aliphatic heterocycles. The van der Waals surface area contributed by atoms with E-state index in [4.69, 9.17) is 4.42 Å². The second-order valence-corrected chi connectivity index (χ2v) is 7.59. The molecule has 2 aromatic rings. The van der Waals surface area contributed by atoms with Gasteiger partial charge in [0, 0.05) is 38.0 Å². The molecular weight excluding hydrogens is 328 g/mol. The summed E-state index contributed by atoms with van der Waals surface area (Å²) in [6.45, 7) is 5.27. The van der Waals surface area contributed by atoms with Crippen molar-refractivity contribution in [3.05, 3.63) is 35.6 Å². The summed E-state index contributed by atoms with van der Waals surface area (Å²) in [7, 11) is 0. The molecule has 0 saturated carbocycles. The second-order valence-electron chi connectivity index (χ2n) is 7.59. The minimum absolute atomic E-state index is 0.0677. The van der Waals surface area contributed by atoms with E-state index < -0.39 is 0 Å². The molecule has 1 aromatic heterocycles. The quantitative estimate of drug-likeness (QED) is 0.843. The van der Waals surface area contributed by atoms with Crippen molar-refractivity contribution in [3.8, 4) is 0 Å². The fraction of sp³-hybridized carbons (Fsp3) is 0.524. The Bertz CT molecular complexity index is 818. The predicted octanol–water partition coefficient (Wildman–Crippen LogP) is 3.61. The molecule has 5 heteroatoms. The highest BCUT2D eigenvalue weighted by Gasteiger charge is 2.27. The first kappa shape index (κ1) is 17.1. The number of carbonyl (C=O) groups is 2. The van der Waals surface area contributed by atoms with Gasteiger partial charge in [-0.15, -0.1) is 0 Å². The van der Waals surface area contributed by atoms with Gasteiger partial charge in [-0.3, -0.25) is 9.59 Å². The third-order valence-electron chi connectivity index (χ3n) is 5.78. The molecule has 0 radical (unpaired) electrons. The molecule has 0 unspecified atom stereocenters. The first-order valence-electron chi connectivity index (χ1n) is 9.68. The normalized spacial score (nSPS) is 18.9. The summed E-state index contributed by atoms with van der Waals surface area (Å²) in [4.78, 5) is 28.6. The van der Waals surface area contributed by atoms with Gasteiger partial charge < -0.3 is 14.2 Å². The number of furan rings is 1. The molecule has 3 heterocycles. The maximum absolute atomic E-state index is 13.0. The molecular formula is C21H26N2O3.